The number of nitrogens with two attached hydrogens (primary N) is 1. The Hall–Kier alpha value is -0.310. The third-order valence-corrected chi connectivity index (χ3v) is 4.29. The summed E-state index contributed by atoms with van der Waals surface area (Å²) in [6.07, 6.45) is 1.72. The van der Waals surface area contributed by atoms with Crippen LogP contribution in [-0.2, 0) is 10.2 Å². The topological polar surface area (TPSA) is 75.4 Å². The highest BCUT2D eigenvalue weighted by Gasteiger charge is 2.32. The first kappa shape index (κ1) is 14.7. The van der Waals surface area contributed by atoms with E-state index < -0.39 is 29.2 Å². The maximum atomic E-state index is 12.9. The fourth-order valence-corrected chi connectivity index (χ4v) is 3.12. The van der Waals surface area contributed by atoms with Crippen LogP contribution in [0.2, 0.25) is 0 Å². The molecular weight excluding hydrogens is 252 g/mol. The molecule has 1 heterocycles. The first-order valence-corrected chi connectivity index (χ1v) is 7.03. The van der Waals surface area contributed by atoms with Crippen molar-refractivity contribution in [3.63, 3.8) is 0 Å². The van der Waals surface area contributed by atoms with Gasteiger partial charge in [-0.05, 0) is 18.8 Å². The van der Waals surface area contributed by atoms with E-state index in [4.69, 9.17) is 5.73 Å². The minimum atomic E-state index is -3.81. The van der Waals surface area contributed by atoms with Crippen molar-refractivity contribution in [3.05, 3.63) is 0 Å². The maximum absolute atomic E-state index is 12.9. The van der Waals surface area contributed by atoms with Gasteiger partial charge in [-0.2, -0.15) is 17.4 Å². The van der Waals surface area contributed by atoms with Crippen molar-refractivity contribution in [3.8, 4) is 0 Å². The van der Waals surface area contributed by atoms with Gasteiger partial charge in [-0.3, -0.25) is 0 Å². The minimum absolute atomic E-state index is 0.260. The zero-order chi connectivity index (χ0) is 13.1. The first-order valence-electron chi connectivity index (χ1n) is 5.59. The molecule has 0 radical (unpaired) electrons. The van der Waals surface area contributed by atoms with Gasteiger partial charge < -0.3 is 5.73 Å². The van der Waals surface area contributed by atoms with E-state index >= 15 is 0 Å². The van der Waals surface area contributed by atoms with Gasteiger partial charge in [-0.25, -0.2) is 8.78 Å². The summed E-state index contributed by atoms with van der Waals surface area (Å²) >= 11 is 0. The molecule has 1 saturated heterocycles. The van der Waals surface area contributed by atoms with E-state index in [0.29, 0.717) is 13.1 Å². The van der Waals surface area contributed by atoms with Crippen LogP contribution in [0.3, 0.4) is 0 Å². The van der Waals surface area contributed by atoms with Crippen LogP contribution < -0.4 is 10.5 Å². The molecule has 1 rings (SSSR count). The molecule has 1 aliphatic heterocycles. The van der Waals surface area contributed by atoms with E-state index in [9.17, 15) is 17.2 Å². The average molecular weight is 271 g/mol. The van der Waals surface area contributed by atoms with E-state index in [2.05, 4.69) is 0 Å². The Morgan fingerprint density at radius 2 is 2.18 bits per heavy atom. The Morgan fingerprint density at radius 3 is 2.71 bits per heavy atom. The van der Waals surface area contributed by atoms with E-state index in [0.717, 1.165) is 12.8 Å². The monoisotopic (exact) mass is 271 g/mol. The van der Waals surface area contributed by atoms with E-state index in [1.54, 1.807) is 0 Å². The Bertz CT molecular complexity index is 348. The summed E-state index contributed by atoms with van der Waals surface area (Å²) in [4.78, 5) is 0. The molecule has 0 bridgehead atoms. The maximum Gasteiger partial charge on any atom is 0.279 e. The molecule has 0 spiro atoms. The highest BCUT2D eigenvalue weighted by molar-refractivity contribution is 7.87. The van der Waals surface area contributed by atoms with Gasteiger partial charge in [0.25, 0.3) is 16.1 Å². The second-order valence-corrected chi connectivity index (χ2v) is 6.25. The SMILES string of the molecule is CC1CCCN(S(=O)(=O)NCC(F)(F)CN)C1. The predicted molar refractivity (Wildman–Crippen MR) is 60.9 cm³/mol. The third kappa shape index (κ3) is 4.46. The van der Waals surface area contributed by atoms with Crippen molar-refractivity contribution >= 4 is 10.2 Å². The Kier molecular flexibility index (Phi) is 4.82. The summed E-state index contributed by atoms with van der Waals surface area (Å²) in [5.74, 6) is -2.94. The fraction of sp³-hybridized carbons (Fsp3) is 1.00. The number of alkyl halides is 2. The Balaban J connectivity index is 2.56. The van der Waals surface area contributed by atoms with Gasteiger partial charge in [0.15, 0.2) is 0 Å². The standard InChI is InChI=1S/C9H19F2N3O2S/c1-8-3-2-4-14(5-8)17(15,16)13-7-9(10,11)6-12/h8,13H,2-7,12H2,1H3. The normalized spacial score (nSPS) is 23.9. The molecule has 0 aromatic carbocycles. The second-order valence-electron chi connectivity index (χ2n) is 4.49. The number of hydrogen-bond donors (Lipinski definition) is 2. The van der Waals surface area contributed by atoms with Crippen molar-refractivity contribution in [1.29, 1.82) is 0 Å². The fourth-order valence-electron chi connectivity index (χ4n) is 1.72. The van der Waals surface area contributed by atoms with E-state index in [1.807, 2.05) is 11.6 Å². The number of nitrogens with one attached hydrogen (secondary N) is 1. The van der Waals surface area contributed by atoms with Crippen molar-refractivity contribution in [1.82, 2.24) is 9.03 Å². The molecule has 8 heteroatoms. The number of nitrogens with zero attached hydrogens (tertiary/aromatic N) is 1. The lowest BCUT2D eigenvalue weighted by Gasteiger charge is -2.30. The van der Waals surface area contributed by atoms with Crippen LogP contribution in [0.5, 0.6) is 0 Å². The molecule has 102 valence electrons. The molecular formula is C9H19F2N3O2S. The van der Waals surface area contributed by atoms with Gasteiger partial charge in [-0.1, -0.05) is 6.92 Å². The number of halogens is 2. The Labute approximate surface area is 101 Å². The highest BCUT2D eigenvalue weighted by Crippen LogP contribution is 2.18. The van der Waals surface area contributed by atoms with Gasteiger partial charge in [0.05, 0.1) is 13.1 Å². The van der Waals surface area contributed by atoms with Crippen molar-refractivity contribution in [2.75, 3.05) is 26.2 Å². The van der Waals surface area contributed by atoms with Gasteiger partial charge >= 0.3 is 0 Å². The molecule has 1 aliphatic rings. The van der Waals surface area contributed by atoms with Gasteiger partial charge in [0.1, 0.15) is 0 Å². The second kappa shape index (κ2) is 5.55. The number of hydrogen-bond acceptors (Lipinski definition) is 3. The highest BCUT2D eigenvalue weighted by atomic mass is 32.2. The molecule has 17 heavy (non-hydrogen) atoms. The first-order chi connectivity index (χ1) is 7.77. The molecule has 1 unspecified atom stereocenters. The minimum Gasteiger partial charge on any atom is -0.325 e. The summed E-state index contributed by atoms with van der Waals surface area (Å²) in [5.41, 5.74) is 4.84. The van der Waals surface area contributed by atoms with E-state index in [-0.39, 0.29) is 5.92 Å². The molecule has 1 fully saturated rings. The molecule has 0 aliphatic carbocycles. The summed E-state index contributed by atoms with van der Waals surface area (Å²) < 4.78 is 52.3. The average Bonchev–Trinajstić information content (AvgIpc) is 2.27. The summed E-state index contributed by atoms with van der Waals surface area (Å²) in [6, 6.07) is 0. The lowest BCUT2D eigenvalue weighted by atomic mass is 10.0. The van der Waals surface area contributed by atoms with Crippen molar-refractivity contribution < 1.29 is 17.2 Å². The molecule has 0 aromatic heterocycles. The van der Waals surface area contributed by atoms with E-state index in [1.165, 1.54) is 4.31 Å². The summed E-state index contributed by atoms with van der Waals surface area (Å²) in [5, 5.41) is 0. The molecule has 0 amide bonds. The summed E-state index contributed by atoms with van der Waals surface area (Å²) in [6.45, 7) is 0.885. The van der Waals surface area contributed by atoms with Crippen LogP contribution in [0, 0.1) is 5.92 Å². The third-order valence-electron chi connectivity index (χ3n) is 2.77. The van der Waals surface area contributed by atoms with Crippen LogP contribution in [0.15, 0.2) is 0 Å². The van der Waals surface area contributed by atoms with Crippen LogP contribution in [0.1, 0.15) is 19.8 Å². The zero-order valence-electron chi connectivity index (χ0n) is 9.83. The van der Waals surface area contributed by atoms with Gasteiger partial charge in [0, 0.05) is 13.1 Å². The van der Waals surface area contributed by atoms with Crippen molar-refractivity contribution in [2.24, 2.45) is 11.7 Å². The molecule has 1 atom stereocenters. The molecule has 5 nitrogen and oxygen atoms in total. The Morgan fingerprint density at radius 1 is 1.53 bits per heavy atom. The molecule has 0 aromatic rings. The van der Waals surface area contributed by atoms with Crippen LogP contribution >= 0.6 is 0 Å². The van der Waals surface area contributed by atoms with Gasteiger partial charge in [-0.15, -0.1) is 0 Å². The van der Waals surface area contributed by atoms with Crippen LogP contribution in [0.25, 0.3) is 0 Å². The summed E-state index contributed by atoms with van der Waals surface area (Å²) in [7, 11) is -3.81. The number of piperidine rings is 1. The molecule has 0 saturated carbocycles. The lowest BCUT2D eigenvalue weighted by Crippen LogP contribution is -2.49. The smallest absolute Gasteiger partial charge is 0.279 e. The molecule has 3 N–H and O–H groups in total. The van der Waals surface area contributed by atoms with Gasteiger partial charge in [0.2, 0.25) is 0 Å². The van der Waals surface area contributed by atoms with Crippen LogP contribution in [0.4, 0.5) is 8.78 Å². The largest absolute Gasteiger partial charge is 0.325 e. The van der Waals surface area contributed by atoms with Crippen LogP contribution in [-0.4, -0.2) is 44.8 Å². The number of rotatable bonds is 5. The predicted octanol–water partition coefficient (Wildman–Crippen LogP) is 0.147. The lowest BCUT2D eigenvalue weighted by molar-refractivity contribution is 0.0166. The zero-order valence-corrected chi connectivity index (χ0v) is 10.6. The quantitative estimate of drug-likeness (QED) is 0.747. The van der Waals surface area contributed by atoms with Crippen molar-refractivity contribution in [2.45, 2.75) is 25.7 Å².